The van der Waals surface area contributed by atoms with Crippen molar-refractivity contribution in [2.75, 3.05) is 0 Å². The molecule has 0 N–H and O–H groups in total. The smallest absolute Gasteiger partial charge is 0.121 e. The van der Waals surface area contributed by atoms with Gasteiger partial charge in [0.2, 0.25) is 0 Å². The van der Waals surface area contributed by atoms with Gasteiger partial charge in [0.1, 0.15) is 6.69 Å². The molecular weight excluding hydrogens is 182 g/mol. The highest BCUT2D eigenvalue weighted by Crippen LogP contribution is 2.07. The van der Waals surface area contributed by atoms with Gasteiger partial charge in [0.05, 0.1) is 6.07 Å². The zero-order chi connectivity index (χ0) is 7.21. The molecule has 0 amide bonds. The van der Waals surface area contributed by atoms with Gasteiger partial charge in [0.15, 0.2) is 0 Å². The quantitative estimate of drug-likeness (QED) is 0.429. The van der Waals surface area contributed by atoms with Crippen LogP contribution in [0.4, 0.5) is 0 Å². The predicted octanol–water partition coefficient (Wildman–Crippen LogP) is 2.75. The summed E-state index contributed by atoms with van der Waals surface area (Å²) in [6, 6.07) is 1.75. The molecule has 0 rings (SSSR count). The normalized spacial score (nSPS) is 8.50. The van der Waals surface area contributed by atoms with Crippen molar-refractivity contribution in [2.24, 2.45) is 0 Å². The van der Waals surface area contributed by atoms with Gasteiger partial charge < -0.3 is 0 Å². The van der Waals surface area contributed by atoms with Crippen LogP contribution in [0.2, 0.25) is 19.6 Å². The molecule has 3 heteroatoms. The van der Waals surface area contributed by atoms with E-state index in [9.17, 15) is 0 Å². The molecule has 0 aromatic carbocycles. The lowest BCUT2D eigenvalue weighted by Gasteiger charge is -1.98. The molecule has 0 spiro atoms. The maximum absolute atomic E-state index is 7.32. The third-order valence-electron chi connectivity index (χ3n) is 0. The molecule has 0 bridgehead atoms. The zero-order valence-electron chi connectivity index (χ0n) is 5.83. The van der Waals surface area contributed by atoms with E-state index < -0.39 is 6.69 Å². The van der Waals surface area contributed by atoms with E-state index in [1.807, 2.05) is 0 Å². The lowest BCUT2D eigenvalue weighted by molar-refractivity contribution is 1.49. The van der Waals surface area contributed by atoms with Crippen LogP contribution in [0.5, 0.6) is 0 Å². The second-order valence-corrected chi connectivity index (χ2v) is 13.6. The first-order valence-electron chi connectivity index (χ1n) is 2.41. The molecule has 0 saturated heterocycles. The molecule has 8 heavy (non-hydrogen) atoms. The Morgan fingerprint density at radius 2 is 1.38 bits per heavy atom. The summed E-state index contributed by atoms with van der Waals surface area (Å²) in [7, 11) is 0. The lowest BCUT2D eigenvalue weighted by atomic mass is 11.0. The maximum Gasteiger partial charge on any atom is 0.121 e. The largest absolute Gasteiger partial charge is 0.199 e. The monoisotopic (exact) mass is 193 g/mol. The topological polar surface area (TPSA) is 23.8 Å². The van der Waals surface area contributed by atoms with Crippen LogP contribution in [-0.4, -0.2) is 6.69 Å². The highest BCUT2D eigenvalue weighted by Gasteiger charge is 2.03. The molecule has 0 radical (unpaired) electrons. The van der Waals surface area contributed by atoms with Crippen LogP contribution < -0.4 is 0 Å². The van der Waals surface area contributed by atoms with Crippen LogP contribution in [0.15, 0.2) is 0 Å². The van der Waals surface area contributed by atoms with Gasteiger partial charge in [0, 0.05) is 6.92 Å². The van der Waals surface area contributed by atoms with Gasteiger partial charge in [0.25, 0.3) is 0 Å². The molecule has 48 valence electrons. The first-order chi connectivity index (χ1) is 3.41. The number of hydrogen-bond donors (Lipinski definition) is 0. The fraction of sp³-hybridized carbons (Fsp3) is 0.800. The van der Waals surface area contributed by atoms with Gasteiger partial charge in [-0.25, -0.2) is 0 Å². The third kappa shape index (κ3) is 4770. The number of halogens is 1. The van der Waals surface area contributed by atoms with E-state index >= 15 is 0 Å². The number of hydrogen-bond acceptors (Lipinski definition) is 1. The summed E-state index contributed by atoms with van der Waals surface area (Å²) in [5, 5.41) is 7.32. The van der Waals surface area contributed by atoms with E-state index in [-0.39, 0.29) is 0 Å². The van der Waals surface area contributed by atoms with Gasteiger partial charge in [-0.15, -0.1) is 15.3 Å². The summed E-state index contributed by atoms with van der Waals surface area (Å²) in [6.07, 6.45) is 0. The molecule has 0 unspecified atom stereocenters. The highest BCUT2D eigenvalue weighted by atomic mass is 79.9. The fourth-order valence-corrected chi connectivity index (χ4v) is 0. The lowest BCUT2D eigenvalue weighted by Crippen LogP contribution is -2.05. The molecule has 0 saturated carbocycles. The van der Waals surface area contributed by atoms with E-state index in [2.05, 4.69) is 34.9 Å². The van der Waals surface area contributed by atoms with Gasteiger partial charge in [-0.05, 0) is 0 Å². The second-order valence-electron chi connectivity index (χ2n) is 2.29. The van der Waals surface area contributed by atoms with Crippen molar-refractivity contribution in [3.8, 4) is 6.07 Å². The Bertz CT molecular complexity index is 73.4. The van der Waals surface area contributed by atoms with Crippen LogP contribution in [0.25, 0.3) is 0 Å². The van der Waals surface area contributed by atoms with E-state index in [1.54, 1.807) is 6.07 Å². The number of nitrogens with zero attached hydrogens (tertiary/aromatic N) is 1. The van der Waals surface area contributed by atoms with Crippen LogP contribution in [0.3, 0.4) is 0 Å². The molecule has 0 aliphatic carbocycles. The molecule has 0 aliphatic heterocycles. The van der Waals surface area contributed by atoms with Crippen molar-refractivity contribution in [2.45, 2.75) is 26.6 Å². The Balaban J connectivity index is 0. The Hall–Kier alpha value is 0.187. The summed E-state index contributed by atoms with van der Waals surface area (Å²) >= 11 is 3.51. The van der Waals surface area contributed by atoms with Crippen LogP contribution in [0.1, 0.15) is 6.92 Å². The fourth-order valence-electron chi connectivity index (χ4n) is 0. The average Bonchev–Trinajstić information content (AvgIpc) is 1.27. The SMILES string of the molecule is CC#N.C[Si](C)(C)Br. The van der Waals surface area contributed by atoms with E-state index in [0.717, 1.165) is 0 Å². The predicted molar refractivity (Wildman–Crippen MR) is 43.6 cm³/mol. The summed E-state index contributed by atoms with van der Waals surface area (Å²) in [5.41, 5.74) is 0. The second kappa shape index (κ2) is 5.33. The van der Waals surface area contributed by atoms with Crippen molar-refractivity contribution in [3.05, 3.63) is 0 Å². The minimum Gasteiger partial charge on any atom is -0.199 e. The zero-order valence-corrected chi connectivity index (χ0v) is 8.41. The maximum atomic E-state index is 7.32. The Kier molecular flexibility index (Phi) is 7.35. The highest BCUT2D eigenvalue weighted by molar-refractivity contribution is 9.26. The molecule has 1 nitrogen and oxygen atoms in total. The van der Waals surface area contributed by atoms with Gasteiger partial charge in [-0.1, -0.05) is 19.6 Å². The van der Waals surface area contributed by atoms with Crippen molar-refractivity contribution < 1.29 is 0 Å². The first-order valence-corrected chi connectivity index (χ1v) is 8.17. The molecule has 0 fully saturated rings. The van der Waals surface area contributed by atoms with Gasteiger partial charge in [-0.3, -0.25) is 0 Å². The van der Waals surface area contributed by atoms with E-state index in [4.69, 9.17) is 5.26 Å². The van der Waals surface area contributed by atoms with Gasteiger partial charge >= 0.3 is 0 Å². The minimum atomic E-state index is -0.799. The van der Waals surface area contributed by atoms with Crippen molar-refractivity contribution in [1.82, 2.24) is 0 Å². The summed E-state index contributed by atoms with van der Waals surface area (Å²) in [4.78, 5) is 0. The third-order valence-corrected chi connectivity index (χ3v) is 0. The molecular formula is C5H12BrNSi. The molecule has 0 atom stereocenters. The van der Waals surface area contributed by atoms with Crippen LogP contribution in [0, 0.1) is 11.3 Å². The molecule has 0 heterocycles. The average molecular weight is 194 g/mol. The number of nitriles is 1. The summed E-state index contributed by atoms with van der Waals surface area (Å²) < 4.78 is 0. The minimum absolute atomic E-state index is 0.799. The van der Waals surface area contributed by atoms with E-state index in [1.165, 1.54) is 6.92 Å². The van der Waals surface area contributed by atoms with E-state index in [0.29, 0.717) is 0 Å². The Morgan fingerprint density at radius 3 is 1.38 bits per heavy atom. The summed E-state index contributed by atoms with van der Waals surface area (Å²) in [5.74, 6) is 0. The molecule has 0 aliphatic rings. The Morgan fingerprint density at radius 1 is 1.38 bits per heavy atom. The summed E-state index contributed by atoms with van der Waals surface area (Å²) in [6.45, 7) is 7.36. The van der Waals surface area contributed by atoms with Crippen LogP contribution >= 0.6 is 15.3 Å². The van der Waals surface area contributed by atoms with Crippen molar-refractivity contribution >= 4 is 22.0 Å². The number of rotatable bonds is 0. The first kappa shape index (κ1) is 11.0. The molecule has 0 aromatic heterocycles. The van der Waals surface area contributed by atoms with Crippen molar-refractivity contribution in [3.63, 3.8) is 0 Å². The van der Waals surface area contributed by atoms with Crippen LogP contribution in [-0.2, 0) is 0 Å². The standard InChI is InChI=1S/C3H9BrSi.C2H3N/c1-5(2,3)4;1-2-3/h1-3H3;1H3. The van der Waals surface area contributed by atoms with Crippen molar-refractivity contribution in [1.29, 1.82) is 5.26 Å². The molecule has 0 aromatic rings. The van der Waals surface area contributed by atoms with Gasteiger partial charge in [-0.2, -0.15) is 5.26 Å². The Labute approximate surface area is 60.3 Å².